The quantitative estimate of drug-likeness (QED) is 0.676. The van der Waals surface area contributed by atoms with Crippen molar-refractivity contribution in [1.29, 1.82) is 0 Å². The van der Waals surface area contributed by atoms with E-state index >= 15 is 0 Å². The molecule has 1 N–H and O–H groups in total. The van der Waals surface area contributed by atoms with Gasteiger partial charge in [0.25, 0.3) is 0 Å². The average molecular weight is 163 g/mol. The third-order valence-electron chi connectivity index (χ3n) is 1.29. The largest absolute Gasteiger partial charge is 0.388 e. The Morgan fingerprint density at radius 3 is 2.40 bits per heavy atom. The zero-order chi connectivity index (χ0) is 8.15. The number of rotatable bonds is 3. The molecule has 60 valence electrons. The third kappa shape index (κ3) is 3.91. The Hall–Kier alpha value is -0.0100. The zero-order valence-corrected chi connectivity index (χ0v) is 7.52. The Bertz CT molecular complexity index is 118. The van der Waals surface area contributed by atoms with Gasteiger partial charge in [-0.1, -0.05) is 31.5 Å². The molecule has 0 radical (unpaired) electrons. The standard InChI is InChI=1S/C8H15ClO/c1-4-7(9)8(10)5-6(2)3/h4,6,8,10H,5H2,1-3H3/b7-4+. The van der Waals surface area contributed by atoms with Gasteiger partial charge < -0.3 is 5.11 Å². The molecule has 0 aromatic carbocycles. The molecule has 0 saturated carbocycles. The highest BCUT2D eigenvalue weighted by Crippen LogP contribution is 2.15. The van der Waals surface area contributed by atoms with Gasteiger partial charge in [0.2, 0.25) is 0 Å². The molecule has 0 fully saturated rings. The van der Waals surface area contributed by atoms with E-state index in [1.807, 2.05) is 6.92 Å². The normalized spacial score (nSPS) is 16.0. The molecular weight excluding hydrogens is 148 g/mol. The number of hydrogen-bond donors (Lipinski definition) is 1. The van der Waals surface area contributed by atoms with Gasteiger partial charge >= 0.3 is 0 Å². The fourth-order valence-corrected chi connectivity index (χ4v) is 0.841. The van der Waals surface area contributed by atoms with E-state index < -0.39 is 6.10 Å². The first kappa shape index (κ1) is 9.99. The Morgan fingerprint density at radius 2 is 2.10 bits per heavy atom. The van der Waals surface area contributed by atoms with E-state index in [2.05, 4.69) is 13.8 Å². The molecule has 1 atom stereocenters. The lowest BCUT2D eigenvalue weighted by atomic mass is 10.1. The number of halogens is 1. The lowest BCUT2D eigenvalue weighted by Gasteiger charge is -2.10. The van der Waals surface area contributed by atoms with Crippen molar-refractivity contribution in [2.45, 2.75) is 33.3 Å². The van der Waals surface area contributed by atoms with Gasteiger partial charge in [0.1, 0.15) is 0 Å². The van der Waals surface area contributed by atoms with Gasteiger partial charge in [-0.25, -0.2) is 0 Å². The summed E-state index contributed by atoms with van der Waals surface area (Å²) in [6.45, 7) is 5.94. The maximum Gasteiger partial charge on any atom is 0.0894 e. The summed E-state index contributed by atoms with van der Waals surface area (Å²) in [6.07, 6.45) is 2.00. The van der Waals surface area contributed by atoms with Crippen LogP contribution >= 0.6 is 11.6 Å². The van der Waals surface area contributed by atoms with Crippen molar-refractivity contribution in [3.63, 3.8) is 0 Å². The van der Waals surface area contributed by atoms with Crippen LogP contribution in [0.5, 0.6) is 0 Å². The van der Waals surface area contributed by atoms with E-state index in [4.69, 9.17) is 11.6 Å². The molecule has 0 saturated heterocycles. The van der Waals surface area contributed by atoms with Crippen LogP contribution in [-0.2, 0) is 0 Å². The highest BCUT2D eigenvalue weighted by molar-refractivity contribution is 6.30. The molecule has 1 nitrogen and oxygen atoms in total. The Labute approximate surface area is 67.7 Å². The van der Waals surface area contributed by atoms with Crippen LogP contribution in [0.15, 0.2) is 11.1 Å². The number of hydrogen-bond acceptors (Lipinski definition) is 1. The fourth-order valence-electron chi connectivity index (χ4n) is 0.751. The van der Waals surface area contributed by atoms with Crippen LogP contribution in [0.2, 0.25) is 0 Å². The minimum atomic E-state index is -0.466. The maximum atomic E-state index is 9.29. The van der Waals surface area contributed by atoms with Crippen molar-refractivity contribution in [3.05, 3.63) is 11.1 Å². The monoisotopic (exact) mass is 162 g/mol. The van der Waals surface area contributed by atoms with E-state index in [9.17, 15) is 5.11 Å². The smallest absolute Gasteiger partial charge is 0.0894 e. The first-order valence-electron chi connectivity index (χ1n) is 3.57. The average Bonchev–Trinajstić information content (AvgIpc) is 1.85. The number of aliphatic hydroxyl groups excluding tert-OH is 1. The van der Waals surface area contributed by atoms with E-state index in [0.717, 1.165) is 6.42 Å². The van der Waals surface area contributed by atoms with Crippen molar-refractivity contribution in [3.8, 4) is 0 Å². The Morgan fingerprint density at radius 1 is 1.60 bits per heavy atom. The van der Waals surface area contributed by atoms with Crippen molar-refractivity contribution in [1.82, 2.24) is 0 Å². The first-order chi connectivity index (χ1) is 4.57. The molecule has 10 heavy (non-hydrogen) atoms. The topological polar surface area (TPSA) is 20.2 Å². The van der Waals surface area contributed by atoms with Crippen LogP contribution in [0, 0.1) is 5.92 Å². The van der Waals surface area contributed by atoms with Crippen molar-refractivity contribution >= 4 is 11.6 Å². The van der Waals surface area contributed by atoms with Gasteiger partial charge in [-0.2, -0.15) is 0 Å². The van der Waals surface area contributed by atoms with Gasteiger partial charge in [-0.15, -0.1) is 0 Å². The van der Waals surface area contributed by atoms with Gasteiger partial charge in [-0.3, -0.25) is 0 Å². The summed E-state index contributed by atoms with van der Waals surface area (Å²) in [6, 6.07) is 0. The SMILES string of the molecule is C/C=C(/Cl)C(O)CC(C)C. The van der Waals surface area contributed by atoms with Crippen LogP contribution in [0.25, 0.3) is 0 Å². The van der Waals surface area contributed by atoms with Crippen molar-refractivity contribution in [2.75, 3.05) is 0 Å². The van der Waals surface area contributed by atoms with Gasteiger partial charge in [0, 0.05) is 5.03 Å². The molecular formula is C8H15ClO. The van der Waals surface area contributed by atoms with Gasteiger partial charge in [0.05, 0.1) is 6.10 Å². The van der Waals surface area contributed by atoms with Gasteiger partial charge in [0.15, 0.2) is 0 Å². The molecule has 0 aromatic rings. The molecule has 0 amide bonds. The van der Waals surface area contributed by atoms with Crippen LogP contribution in [0.1, 0.15) is 27.2 Å². The Balaban J connectivity index is 3.73. The summed E-state index contributed by atoms with van der Waals surface area (Å²) >= 11 is 5.67. The van der Waals surface area contributed by atoms with E-state index in [0.29, 0.717) is 11.0 Å². The lowest BCUT2D eigenvalue weighted by molar-refractivity contribution is 0.190. The molecule has 0 bridgehead atoms. The zero-order valence-electron chi connectivity index (χ0n) is 6.76. The summed E-state index contributed by atoms with van der Waals surface area (Å²) in [5.41, 5.74) is 0. The van der Waals surface area contributed by atoms with Crippen LogP contribution in [0.4, 0.5) is 0 Å². The molecule has 0 aliphatic rings. The Kier molecular flexibility index (Phi) is 4.75. The predicted octanol–water partition coefficient (Wildman–Crippen LogP) is 2.54. The maximum absolute atomic E-state index is 9.29. The second kappa shape index (κ2) is 4.75. The third-order valence-corrected chi connectivity index (χ3v) is 1.76. The molecule has 0 spiro atoms. The summed E-state index contributed by atoms with van der Waals surface area (Å²) in [4.78, 5) is 0. The first-order valence-corrected chi connectivity index (χ1v) is 3.95. The van der Waals surface area contributed by atoms with Crippen LogP contribution in [-0.4, -0.2) is 11.2 Å². The highest BCUT2D eigenvalue weighted by Gasteiger charge is 2.08. The highest BCUT2D eigenvalue weighted by atomic mass is 35.5. The molecule has 0 aromatic heterocycles. The molecule has 0 rings (SSSR count). The summed E-state index contributed by atoms with van der Waals surface area (Å²) < 4.78 is 0. The summed E-state index contributed by atoms with van der Waals surface area (Å²) in [7, 11) is 0. The number of allylic oxidation sites excluding steroid dienone is 1. The van der Waals surface area contributed by atoms with Crippen molar-refractivity contribution < 1.29 is 5.11 Å². The van der Waals surface area contributed by atoms with E-state index in [1.165, 1.54) is 0 Å². The molecule has 0 aliphatic heterocycles. The molecule has 2 heteroatoms. The van der Waals surface area contributed by atoms with Crippen LogP contribution < -0.4 is 0 Å². The predicted molar refractivity (Wildman–Crippen MR) is 45.1 cm³/mol. The van der Waals surface area contributed by atoms with Gasteiger partial charge in [-0.05, 0) is 19.3 Å². The second-order valence-corrected chi connectivity index (χ2v) is 3.26. The number of aliphatic hydroxyl groups is 1. The minimum Gasteiger partial charge on any atom is -0.388 e. The van der Waals surface area contributed by atoms with Crippen molar-refractivity contribution in [2.24, 2.45) is 5.92 Å². The summed E-state index contributed by atoms with van der Waals surface area (Å²) in [5, 5.41) is 9.84. The van der Waals surface area contributed by atoms with Crippen LogP contribution in [0.3, 0.4) is 0 Å². The molecule has 1 unspecified atom stereocenters. The molecule has 0 aliphatic carbocycles. The lowest BCUT2D eigenvalue weighted by Crippen LogP contribution is -2.09. The molecule has 0 heterocycles. The summed E-state index contributed by atoms with van der Waals surface area (Å²) in [5.74, 6) is 0.490. The van der Waals surface area contributed by atoms with E-state index in [-0.39, 0.29) is 0 Å². The van der Waals surface area contributed by atoms with E-state index in [1.54, 1.807) is 6.08 Å². The minimum absolute atomic E-state index is 0.466. The second-order valence-electron chi connectivity index (χ2n) is 2.82. The fraction of sp³-hybridized carbons (Fsp3) is 0.750.